The maximum atomic E-state index is 9.56. The van der Waals surface area contributed by atoms with Crippen molar-refractivity contribution in [3.8, 4) is 0 Å². The van der Waals surface area contributed by atoms with Gasteiger partial charge >= 0.3 is 0 Å². The largest absolute Gasteiger partial charge is 0.392 e. The van der Waals surface area contributed by atoms with Crippen LogP contribution in [0, 0.1) is 5.92 Å². The molecule has 12 heavy (non-hydrogen) atoms. The Kier molecular flexibility index (Phi) is 4.02. The van der Waals surface area contributed by atoms with Crippen molar-refractivity contribution >= 4 is 0 Å². The van der Waals surface area contributed by atoms with Crippen molar-refractivity contribution < 1.29 is 5.11 Å². The van der Waals surface area contributed by atoms with Crippen molar-refractivity contribution in [2.24, 2.45) is 5.92 Å². The molecule has 1 rings (SSSR count). The molecule has 1 saturated carbocycles. The molecule has 1 aliphatic rings. The van der Waals surface area contributed by atoms with Crippen molar-refractivity contribution in [2.45, 2.75) is 51.7 Å². The molecule has 2 atom stereocenters. The van der Waals surface area contributed by atoms with E-state index in [2.05, 4.69) is 19.2 Å². The van der Waals surface area contributed by atoms with Crippen LogP contribution in [0.4, 0.5) is 0 Å². The molecule has 72 valence electrons. The highest BCUT2D eigenvalue weighted by Crippen LogP contribution is 2.18. The summed E-state index contributed by atoms with van der Waals surface area (Å²) in [6.45, 7) is 5.15. The molecule has 0 bridgehead atoms. The van der Waals surface area contributed by atoms with E-state index in [-0.39, 0.29) is 6.10 Å². The van der Waals surface area contributed by atoms with Crippen LogP contribution in [0.5, 0.6) is 0 Å². The first-order valence-corrected chi connectivity index (χ1v) is 5.13. The van der Waals surface area contributed by atoms with Gasteiger partial charge in [0, 0.05) is 12.6 Å². The van der Waals surface area contributed by atoms with Crippen molar-refractivity contribution in [1.82, 2.24) is 5.32 Å². The molecule has 0 saturated heterocycles. The average molecular weight is 171 g/mol. The van der Waals surface area contributed by atoms with E-state index >= 15 is 0 Å². The summed E-state index contributed by atoms with van der Waals surface area (Å²) in [5.74, 6) is 0.654. The van der Waals surface area contributed by atoms with E-state index < -0.39 is 0 Å². The second-order valence-corrected chi connectivity index (χ2v) is 4.09. The number of hydrogen-bond acceptors (Lipinski definition) is 2. The second kappa shape index (κ2) is 4.83. The fraction of sp³-hybridized carbons (Fsp3) is 1.00. The van der Waals surface area contributed by atoms with Crippen LogP contribution in [-0.4, -0.2) is 23.8 Å². The van der Waals surface area contributed by atoms with Crippen LogP contribution < -0.4 is 5.32 Å². The molecule has 2 nitrogen and oxygen atoms in total. The van der Waals surface area contributed by atoms with Gasteiger partial charge in [0.15, 0.2) is 0 Å². The summed E-state index contributed by atoms with van der Waals surface area (Å²) in [5, 5.41) is 12.9. The van der Waals surface area contributed by atoms with E-state index in [1.807, 2.05) is 0 Å². The minimum atomic E-state index is -0.138. The Morgan fingerprint density at radius 2 is 2.17 bits per heavy atom. The van der Waals surface area contributed by atoms with Gasteiger partial charge in [-0.05, 0) is 25.2 Å². The van der Waals surface area contributed by atoms with Crippen molar-refractivity contribution in [3.05, 3.63) is 0 Å². The van der Waals surface area contributed by atoms with Gasteiger partial charge in [0.2, 0.25) is 0 Å². The normalized spacial score (nSPS) is 22.2. The standard InChI is InChI=1S/C10H21NO/c1-3-8(2)6-10(12)7-11-9-4-5-9/h8-12H,3-7H2,1-2H3. The van der Waals surface area contributed by atoms with Crippen molar-refractivity contribution in [1.29, 1.82) is 0 Å². The van der Waals surface area contributed by atoms with E-state index in [4.69, 9.17) is 0 Å². The lowest BCUT2D eigenvalue weighted by Crippen LogP contribution is -2.29. The Hall–Kier alpha value is -0.0800. The van der Waals surface area contributed by atoms with Gasteiger partial charge in [0.05, 0.1) is 6.10 Å². The van der Waals surface area contributed by atoms with E-state index in [9.17, 15) is 5.11 Å². The number of aliphatic hydroxyl groups excluding tert-OH is 1. The summed E-state index contributed by atoms with van der Waals surface area (Å²) in [6.07, 6.45) is 4.57. The first-order chi connectivity index (χ1) is 5.72. The zero-order valence-electron chi connectivity index (χ0n) is 8.21. The fourth-order valence-corrected chi connectivity index (χ4v) is 1.30. The van der Waals surface area contributed by atoms with Crippen LogP contribution in [0.2, 0.25) is 0 Å². The number of rotatable bonds is 6. The van der Waals surface area contributed by atoms with Crippen molar-refractivity contribution in [3.63, 3.8) is 0 Å². The summed E-state index contributed by atoms with van der Waals surface area (Å²) in [7, 11) is 0. The molecule has 2 heteroatoms. The average Bonchev–Trinajstić information content (AvgIpc) is 2.83. The lowest BCUT2D eigenvalue weighted by molar-refractivity contribution is 0.142. The third-order valence-electron chi connectivity index (χ3n) is 2.59. The summed E-state index contributed by atoms with van der Waals surface area (Å²) in [4.78, 5) is 0. The third-order valence-corrected chi connectivity index (χ3v) is 2.59. The Bertz CT molecular complexity index is 123. The lowest BCUT2D eigenvalue weighted by Gasteiger charge is -2.15. The molecule has 0 heterocycles. The highest BCUT2D eigenvalue weighted by molar-refractivity contribution is 4.81. The molecule has 0 amide bonds. The van der Waals surface area contributed by atoms with Crippen LogP contribution in [0.15, 0.2) is 0 Å². The molecule has 1 fully saturated rings. The second-order valence-electron chi connectivity index (χ2n) is 4.09. The zero-order chi connectivity index (χ0) is 8.97. The quantitative estimate of drug-likeness (QED) is 0.635. The van der Waals surface area contributed by atoms with E-state index in [0.717, 1.165) is 19.0 Å². The molecule has 0 radical (unpaired) electrons. The smallest absolute Gasteiger partial charge is 0.0667 e. The van der Waals surface area contributed by atoms with E-state index in [1.54, 1.807) is 0 Å². The Morgan fingerprint density at radius 1 is 1.50 bits per heavy atom. The molecule has 2 unspecified atom stereocenters. The minimum absolute atomic E-state index is 0.138. The van der Waals surface area contributed by atoms with Gasteiger partial charge in [-0.1, -0.05) is 20.3 Å². The van der Waals surface area contributed by atoms with Crippen LogP contribution in [0.3, 0.4) is 0 Å². The first-order valence-electron chi connectivity index (χ1n) is 5.13. The van der Waals surface area contributed by atoms with Gasteiger partial charge in [-0.25, -0.2) is 0 Å². The van der Waals surface area contributed by atoms with Crippen LogP contribution >= 0.6 is 0 Å². The maximum absolute atomic E-state index is 9.56. The van der Waals surface area contributed by atoms with Crippen LogP contribution in [0.1, 0.15) is 39.5 Å². The zero-order valence-corrected chi connectivity index (χ0v) is 8.21. The molecular formula is C10H21NO. The topological polar surface area (TPSA) is 32.3 Å². The SMILES string of the molecule is CCC(C)CC(O)CNC1CC1. The number of nitrogens with one attached hydrogen (secondary N) is 1. The van der Waals surface area contributed by atoms with Gasteiger partial charge in [-0.15, -0.1) is 0 Å². The Labute approximate surface area is 75.4 Å². The van der Waals surface area contributed by atoms with Gasteiger partial charge in [-0.2, -0.15) is 0 Å². The number of hydrogen-bond donors (Lipinski definition) is 2. The molecule has 0 aliphatic heterocycles. The lowest BCUT2D eigenvalue weighted by atomic mass is 10.0. The maximum Gasteiger partial charge on any atom is 0.0667 e. The Balaban J connectivity index is 1.97. The molecule has 2 N–H and O–H groups in total. The predicted octanol–water partition coefficient (Wildman–Crippen LogP) is 1.54. The molecular weight excluding hydrogens is 150 g/mol. The van der Waals surface area contributed by atoms with E-state index in [1.165, 1.54) is 19.3 Å². The van der Waals surface area contributed by atoms with Crippen molar-refractivity contribution in [2.75, 3.05) is 6.54 Å². The van der Waals surface area contributed by atoms with E-state index in [0.29, 0.717) is 5.92 Å². The predicted molar refractivity (Wildman–Crippen MR) is 51.1 cm³/mol. The highest BCUT2D eigenvalue weighted by Gasteiger charge is 2.21. The third kappa shape index (κ3) is 4.07. The molecule has 0 spiro atoms. The minimum Gasteiger partial charge on any atom is -0.392 e. The van der Waals surface area contributed by atoms with Gasteiger partial charge in [0.25, 0.3) is 0 Å². The van der Waals surface area contributed by atoms with Crippen LogP contribution in [-0.2, 0) is 0 Å². The van der Waals surface area contributed by atoms with Gasteiger partial charge in [0.1, 0.15) is 0 Å². The van der Waals surface area contributed by atoms with Gasteiger partial charge < -0.3 is 10.4 Å². The first kappa shape index (κ1) is 10.0. The summed E-state index contributed by atoms with van der Waals surface area (Å²) < 4.78 is 0. The summed E-state index contributed by atoms with van der Waals surface area (Å²) in [6, 6.07) is 0.719. The van der Waals surface area contributed by atoms with Gasteiger partial charge in [-0.3, -0.25) is 0 Å². The van der Waals surface area contributed by atoms with Crippen LogP contribution in [0.25, 0.3) is 0 Å². The summed E-state index contributed by atoms with van der Waals surface area (Å²) >= 11 is 0. The highest BCUT2D eigenvalue weighted by atomic mass is 16.3. The molecule has 0 aromatic carbocycles. The fourth-order valence-electron chi connectivity index (χ4n) is 1.30. The molecule has 0 aromatic rings. The molecule has 1 aliphatic carbocycles. The monoisotopic (exact) mass is 171 g/mol. The summed E-state index contributed by atoms with van der Waals surface area (Å²) in [5.41, 5.74) is 0. The molecule has 0 aromatic heterocycles. The Morgan fingerprint density at radius 3 is 2.67 bits per heavy atom. The number of aliphatic hydroxyl groups is 1.